The third-order valence-electron chi connectivity index (χ3n) is 3.52. The predicted octanol–water partition coefficient (Wildman–Crippen LogP) is -1.84. The molecule has 0 radical (unpaired) electrons. The molecule has 7 nitrogen and oxygen atoms in total. The van der Waals surface area contributed by atoms with Crippen molar-refractivity contribution in [1.29, 1.82) is 0 Å². The molecule has 0 unspecified atom stereocenters. The number of rotatable bonds is 4. The van der Waals surface area contributed by atoms with E-state index in [0.717, 1.165) is 39.3 Å². The maximum Gasteiger partial charge on any atom is 0.318 e. The summed E-state index contributed by atoms with van der Waals surface area (Å²) in [6.45, 7) is 7.09. The molecule has 2 aliphatic heterocycles. The first-order valence-corrected chi connectivity index (χ1v) is 6.41. The molecule has 0 bridgehead atoms. The van der Waals surface area contributed by atoms with Crippen LogP contribution < -0.4 is 16.4 Å². The Morgan fingerprint density at radius 3 is 2.56 bits per heavy atom. The molecule has 2 rings (SSSR count). The highest BCUT2D eigenvalue weighted by atomic mass is 16.2. The van der Waals surface area contributed by atoms with Gasteiger partial charge in [-0.2, -0.15) is 0 Å². The van der Waals surface area contributed by atoms with Gasteiger partial charge in [-0.05, 0) is 0 Å². The fourth-order valence-corrected chi connectivity index (χ4v) is 2.46. The molecule has 0 aromatic heterocycles. The first-order valence-electron chi connectivity index (χ1n) is 6.41. The van der Waals surface area contributed by atoms with E-state index in [1.807, 2.05) is 0 Å². The van der Waals surface area contributed by atoms with Gasteiger partial charge in [0.25, 0.3) is 0 Å². The summed E-state index contributed by atoms with van der Waals surface area (Å²) in [7, 11) is 0. The quantitative estimate of drug-likeness (QED) is 0.549. The normalized spacial score (nSPS) is 22.4. The van der Waals surface area contributed by atoms with E-state index in [0.29, 0.717) is 19.0 Å². The van der Waals surface area contributed by atoms with Crippen LogP contribution in [0.25, 0.3) is 0 Å². The molecule has 4 N–H and O–H groups in total. The summed E-state index contributed by atoms with van der Waals surface area (Å²) in [6, 6.07) is -0.145. The van der Waals surface area contributed by atoms with Crippen LogP contribution in [0, 0.1) is 0 Å². The topological polar surface area (TPSA) is 90.7 Å². The van der Waals surface area contributed by atoms with Gasteiger partial charge < -0.3 is 11.1 Å². The van der Waals surface area contributed by atoms with Gasteiger partial charge in [0.15, 0.2) is 0 Å². The third-order valence-corrected chi connectivity index (χ3v) is 3.52. The zero-order valence-electron chi connectivity index (χ0n) is 10.5. The number of likely N-dealkylation sites (tertiary alicyclic amines) is 1. The highest BCUT2D eigenvalue weighted by Gasteiger charge is 2.31. The second-order valence-electron chi connectivity index (χ2n) is 4.86. The van der Waals surface area contributed by atoms with Crippen LogP contribution >= 0.6 is 0 Å². The Morgan fingerprint density at radius 2 is 1.94 bits per heavy atom. The van der Waals surface area contributed by atoms with Gasteiger partial charge in [-0.15, -0.1) is 0 Å². The minimum absolute atomic E-state index is 0.298. The minimum atomic E-state index is -0.776. The molecule has 0 spiro atoms. The van der Waals surface area contributed by atoms with Crippen molar-refractivity contribution in [3.8, 4) is 0 Å². The lowest BCUT2D eigenvalue weighted by atomic mass is 10.1. The standard InChI is InChI=1S/C11H21N5O2/c12-11(18)14-10(17)1-4-15-7-9(8-15)16-5-2-13-3-6-16/h9,13H,1-8H2,(H3,12,14,17,18). The Balaban J connectivity index is 1.58. The van der Waals surface area contributed by atoms with Crippen molar-refractivity contribution < 1.29 is 9.59 Å². The summed E-state index contributed by atoms with van der Waals surface area (Å²) >= 11 is 0. The molecule has 7 heteroatoms. The SMILES string of the molecule is NC(=O)NC(=O)CCN1CC(N2CCNCC2)C1. The molecular weight excluding hydrogens is 234 g/mol. The Bertz CT molecular complexity index is 311. The number of nitrogens with one attached hydrogen (secondary N) is 2. The number of carbonyl (C=O) groups is 2. The number of nitrogens with two attached hydrogens (primary N) is 1. The van der Waals surface area contributed by atoms with Crippen molar-refractivity contribution in [2.75, 3.05) is 45.8 Å². The van der Waals surface area contributed by atoms with Crippen molar-refractivity contribution in [3.05, 3.63) is 0 Å². The summed E-state index contributed by atoms with van der Waals surface area (Å²) in [5, 5.41) is 5.41. The molecule has 2 aliphatic rings. The molecule has 3 amide bonds. The predicted molar refractivity (Wildman–Crippen MR) is 67.0 cm³/mol. The molecule has 2 saturated heterocycles. The molecule has 2 fully saturated rings. The number of hydrogen-bond donors (Lipinski definition) is 3. The number of piperazine rings is 1. The second kappa shape index (κ2) is 6.12. The van der Waals surface area contributed by atoms with Crippen molar-refractivity contribution in [2.24, 2.45) is 5.73 Å². The number of amides is 3. The number of urea groups is 1. The van der Waals surface area contributed by atoms with E-state index >= 15 is 0 Å². The average molecular weight is 255 g/mol. The monoisotopic (exact) mass is 255 g/mol. The van der Waals surface area contributed by atoms with Crippen LogP contribution in [-0.2, 0) is 4.79 Å². The van der Waals surface area contributed by atoms with Gasteiger partial charge in [-0.3, -0.25) is 19.9 Å². The first-order chi connectivity index (χ1) is 8.65. The van der Waals surface area contributed by atoms with Crippen LogP contribution in [0.5, 0.6) is 0 Å². The van der Waals surface area contributed by atoms with Crippen molar-refractivity contribution in [1.82, 2.24) is 20.4 Å². The summed E-state index contributed by atoms with van der Waals surface area (Å²) in [5.41, 5.74) is 4.87. The van der Waals surface area contributed by atoms with Crippen LogP contribution in [0.15, 0.2) is 0 Å². The third kappa shape index (κ3) is 3.66. The highest BCUT2D eigenvalue weighted by molar-refractivity contribution is 5.93. The largest absolute Gasteiger partial charge is 0.351 e. The van der Waals surface area contributed by atoms with Crippen LogP contribution in [-0.4, -0.2) is 73.6 Å². The van der Waals surface area contributed by atoms with Gasteiger partial charge in [-0.25, -0.2) is 4.79 Å². The number of carbonyl (C=O) groups excluding carboxylic acids is 2. The maximum atomic E-state index is 11.2. The van der Waals surface area contributed by atoms with Crippen LogP contribution in [0.3, 0.4) is 0 Å². The van der Waals surface area contributed by atoms with Crippen molar-refractivity contribution >= 4 is 11.9 Å². The summed E-state index contributed by atoms with van der Waals surface area (Å²) in [5.74, 6) is -0.298. The van der Waals surface area contributed by atoms with Crippen LogP contribution in [0.4, 0.5) is 4.79 Å². The number of primary amides is 1. The van der Waals surface area contributed by atoms with Crippen molar-refractivity contribution in [2.45, 2.75) is 12.5 Å². The molecule has 2 heterocycles. The Morgan fingerprint density at radius 1 is 1.28 bits per heavy atom. The van der Waals surface area contributed by atoms with E-state index < -0.39 is 6.03 Å². The van der Waals surface area contributed by atoms with E-state index in [1.54, 1.807) is 0 Å². The van der Waals surface area contributed by atoms with E-state index in [1.165, 1.54) is 0 Å². The first kappa shape index (κ1) is 13.3. The Kier molecular flexibility index (Phi) is 4.51. The van der Waals surface area contributed by atoms with E-state index in [9.17, 15) is 9.59 Å². The van der Waals surface area contributed by atoms with Crippen molar-refractivity contribution in [3.63, 3.8) is 0 Å². The summed E-state index contributed by atoms with van der Waals surface area (Å²) < 4.78 is 0. The molecule has 0 aromatic rings. The molecule has 0 saturated carbocycles. The Labute approximate surface area is 107 Å². The van der Waals surface area contributed by atoms with E-state index in [-0.39, 0.29) is 5.91 Å². The Hall–Kier alpha value is -1.18. The number of imide groups is 1. The minimum Gasteiger partial charge on any atom is -0.351 e. The lowest BCUT2D eigenvalue weighted by Crippen LogP contribution is -2.62. The van der Waals surface area contributed by atoms with Gasteiger partial charge in [-0.1, -0.05) is 0 Å². The molecule has 18 heavy (non-hydrogen) atoms. The lowest BCUT2D eigenvalue weighted by Gasteiger charge is -2.46. The smallest absolute Gasteiger partial charge is 0.318 e. The lowest BCUT2D eigenvalue weighted by molar-refractivity contribution is -0.120. The molecule has 102 valence electrons. The van der Waals surface area contributed by atoms with Crippen LogP contribution in [0.1, 0.15) is 6.42 Å². The van der Waals surface area contributed by atoms with Gasteiger partial charge in [0.1, 0.15) is 0 Å². The van der Waals surface area contributed by atoms with E-state index in [4.69, 9.17) is 5.73 Å². The maximum absolute atomic E-state index is 11.2. The van der Waals surface area contributed by atoms with Gasteiger partial charge in [0, 0.05) is 58.3 Å². The highest BCUT2D eigenvalue weighted by Crippen LogP contribution is 2.15. The van der Waals surface area contributed by atoms with Gasteiger partial charge in [0.2, 0.25) is 5.91 Å². The second-order valence-corrected chi connectivity index (χ2v) is 4.86. The van der Waals surface area contributed by atoms with Crippen LogP contribution in [0.2, 0.25) is 0 Å². The molecule has 0 aliphatic carbocycles. The molecule has 0 aromatic carbocycles. The summed E-state index contributed by atoms with van der Waals surface area (Å²) in [6.07, 6.45) is 0.331. The fraction of sp³-hybridized carbons (Fsp3) is 0.818. The number of nitrogens with zero attached hydrogens (tertiary/aromatic N) is 2. The number of hydrogen-bond acceptors (Lipinski definition) is 5. The van der Waals surface area contributed by atoms with Gasteiger partial charge in [0.05, 0.1) is 0 Å². The summed E-state index contributed by atoms with van der Waals surface area (Å²) in [4.78, 5) is 26.4. The zero-order valence-corrected chi connectivity index (χ0v) is 10.5. The molecule has 0 atom stereocenters. The fourth-order valence-electron chi connectivity index (χ4n) is 2.46. The average Bonchev–Trinajstić information content (AvgIpc) is 2.27. The molecular formula is C11H21N5O2. The van der Waals surface area contributed by atoms with E-state index in [2.05, 4.69) is 20.4 Å². The van der Waals surface area contributed by atoms with Gasteiger partial charge >= 0.3 is 6.03 Å². The zero-order chi connectivity index (χ0) is 13.0.